The number of aromatic nitrogens is 2. The standard InChI is InChI=1S/C14H14N2O3/c1-10-2-4-11(5-3-10)13(17)8-12(14(18)19)16-7-6-15-9-16/h2-7,9,12H,8H2,1H3,(H,18,19)/p+1/t12-/m1/s1. The van der Waals surface area contributed by atoms with Gasteiger partial charge < -0.3 is 5.11 Å². The average molecular weight is 259 g/mol. The van der Waals surface area contributed by atoms with Crippen LogP contribution in [0, 0.1) is 6.92 Å². The highest BCUT2D eigenvalue weighted by Gasteiger charge is 2.27. The van der Waals surface area contributed by atoms with E-state index in [1.165, 1.54) is 10.9 Å². The Bertz CT molecular complexity index is 573. The molecule has 1 heterocycles. The van der Waals surface area contributed by atoms with Gasteiger partial charge in [0, 0.05) is 5.56 Å². The fourth-order valence-corrected chi connectivity index (χ4v) is 1.85. The number of Topliss-reactive ketones (excluding diaryl/α,β-unsaturated/α-hetero) is 1. The van der Waals surface area contributed by atoms with Gasteiger partial charge in [0.05, 0.1) is 6.42 Å². The first kappa shape index (κ1) is 13.0. The van der Waals surface area contributed by atoms with E-state index in [0.717, 1.165) is 5.56 Å². The number of hydrogen-bond acceptors (Lipinski definition) is 2. The quantitative estimate of drug-likeness (QED) is 0.631. The predicted octanol–water partition coefficient (Wildman–Crippen LogP) is 1.51. The van der Waals surface area contributed by atoms with Crippen LogP contribution in [0.15, 0.2) is 43.0 Å². The number of carbonyl (C=O) groups is 2. The Morgan fingerprint density at radius 1 is 1.32 bits per heavy atom. The summed E-state index contributed by atoms with van der Waals surface area (Å²) in [6, 6.07) is 6.23. The Kier molecular flexibility index (Phi) is 3.75. The van der Waals surface area contributed by atoms with E-state index >= 15 is 0 Å². The van der Waals surface area contributed by atoms with Crippen LogP contribution in [0.1, 0.15) is 28.4 Å². The molecule has 1 atom stereocenters. The maximum atomic E-state index is 12.1. The minimum atomic E-state index is -1.02. The van der Waals surface area contributed by atoms with Crippen molar-refractivity contribution in [2.45, 2.75) is 19.4 Å². The second kappa shape index (κ2) is 5.48. The molecule has 0 saturated heterocycles. The zero-order valence-electron chi connectivity index (χ0n) is 10.5. The van der Waals surface area contributed by atoms with Crippen LogP contribution in [0.5, 0.6) is 0 Å². The molecule has 5 heteroatoms. The first-order chi connectivity index (χ1) is 9.08. The molecule has 0 aliphatic heterocycles. The number of imidazole rings is 1. The first-order valence-electron chi connectivity index (χ1n) is 5.94. The molecule has 0 radical (unpaired) electrons. The number of nitrogens with one attached hydrogen (secondary N) is 1. The third-order valence-corrected chi connectivity index (χ3v) is 2.96. The van der Waals surface area contributed by atoms with Gasteiger partial charge in [0.15, 0.2) is 5.78 Å². The maximum Gasteiger partial charge on any atom is 0.349 e. The number of aryl methyl sites for hydroxylation is 1. The average Bonchev–Trinajstić information content (AvgIpc) is 2.89. The van der Waals surface area contributed by atoms with Crippen molar-refractivity contribution in [3.63, 3.8) is 0 Å². The van der Waals surface area contributed by atoms with Crippen LogP contribution < -0.4 is 4.57 Å². The second-order valence-corrected chi connectivity index (χ2v) is 4.41. The van der Waals surface area contributed by atoms with Gasteiger partial charge in [-0.15, -0.1) is 0 Å². The van der Waals surface area contributed by atoms with Crippen LogP contribution in [-0.4, -0.2) is 21.8 Å². The number of aromatic amines is 1. The van der Waals surface area contributed by atoms with Crippen molar-refractivity contribution in [3.05, 3.63) is 54.1 Å². The largest absolute Gasteiger partial charge is 0.478 e. The van der Waals surface area contributed by atoms with E-state index in [1.807, 2.05) is 19.1 Å². The Balaban J connectivity index is 2.16. The maximum absolute atomic E-state index is 12.1. The number of nitrogens with zero attached hydrogens (tertiary/aromatic N) is 1. The molecule has 19 heavy (non-hydrogen) atoms. The molecule has 0 aliphatic rings. The number of carbonyl (C=O) groups excluding carboxylic acids is 1. The Morgan fingerprint density at radius 2 is 2.00 bits per heavy atom. The van der Waals surface area contributed by atoms with Crippen molar-refractivity contribution >= 4 is 11.8 Å². The van der Waals surface area contributed by atoms with Crippen LogP contribution in [-0.2, 0) is 4.79 Å². The second-order valence-electron chi connectivity index (χ2n) is 4.41. The van der Waals surface area contributed by atoms with Gasteiger partial charge in [-0.3, -0.25) is 9.78 Å². The Labute approximate surface area is 110 Å². The molecule has 2 aromatic rings. The number of hydrogen-bond donors (Lipinski definition) is 2. The highest BCUT2D eigenvalue weighted by molar-refractivity contribution is 5.98. The van der Waals surface area contributed by atoms with E-state index in [-0.39, 0.29) is 12.2 Å². The summed E-state index contributed by atoms with van der Waals surface area (Å²) >= 11 is 0. The topological polar surface area (TPSA) is 74.0 Å². The lowest BCUT2D eigenvalue weighted by atomic mass is 10.0. The molecule has 0 aliphatic carbocycles. The monoisotopic (exact) mass is 259 g/mol. The minimum Gasteiger partial charge on any atom is -0.478 e. The molecule has 0 fully saturated rings. The molecule has 0 bridgehead atoms. The molecule has 2 rings (SSSR count). The minimum absolute atomic E-state index is 0.0685. The van der Waals surface area contributed by atoms with E-state index in [0.29, 0.717) is 5.56 Å². The molecule has 0 spiro atoms. The molecule has 0 amide bonds. The normalized spacial score (nSPS) is 12.1. The van der Waals surface area contributed by atoms with Gasteiger partial charge >= 0.3 is 5.97 Å². The highest BCUT2D eigenvalue weighted by atomic mass is 16.4. The molecule has 5 nitrogen and oxygen atoms in total. The van der Waals surface area contributed by atoms with Gasteiger partial charge in [-0.1, -0.05) is 29.8 Å². The highest BCUT2D eigenvalue weighted by Crippen LogP contribution is 2.11. The SMILES string of the molecule is Cc1ccc(C(=O)C[C@H](C(=O)O)[n+]2cc[nH]c2)cc1. The molecular formula is C14H15N2O3+. The lowest BCUT2D eigenvalue weighted by molar-refractivity contribution is -0.708. The summed E-state index contributed by atoms with van der Waals surface area (Å²) in [5.41, 5.74) is 1.60. The van der Waals surface area contributed by atoms with Crippen molar-refractivity contribution < 1.29 is 19.3 Å². The Hall–Kier alpha value is -2.43. The third kappa shape index (κ3) is 3.07. The van der Waals surface area contributed by atoms with Crippen LogP contribution in [0.25, 0.3) is 0 Å². The van der Waals surface area contributed by atoms with Gasteiger partial charge in [-0.2, -0.15) is 0 Å². The van der Waals surface area contributed by atoms with Gasteiger partial charge in [0.1, 0.15) is 12.4 Å². The smallest absolute Gasteiger partial charge is 0.349 e. The van der Waals surface area contributed by atoms with E-state index in [1.54, 1.807) is 24.5 Å². The summed E-state index contributed by atoms with van der Waals surface area (Å²) in [5.74, 6) is -1.20. The van der Waals surface area contributed by atoms with E-state index < -0.39 is 12.0 Å². The number of carboxylic acid groups (broad SMARTS) is 1. The molecule has 2 N–H and O–H groups in total. The number of aliphatic carboxylic acids is 1. The molecule has 1 aromatic carbocycles. The predicted molar refractivity (Wildman–Crippen MR) is 67.8 cm³/mol. The summed E-state index contributed by atoms with van der Waals surface area (Å²) in [7, 11) is 0. The lowest BCUT2D eigenvalue weighted by Crippen LogP contribution is -2.43. The van der Waals surface area contributed by atoms with E-state index in [2.05, 4.69) is 4.98 Å². The van der Waals surface area contributed by atoms with Crippen LogP contribution >= 0.6 is 0 Å². The summed E-state index contributed by atoms with van der Waals surface area (Å²) in [6.45, 7) is 1.93. The first-order valence-corrected chi connectivity index (χ1v) is 5.94. The van der Waals surface area contributed by atoms with Gasteiger partial charge in [0.25, 0.3) is 0 Å². The van der Waals surface area contributed by atoms with Crippen LogP contribution in [0.3, 0.4) is 0 Å². The number of H-pyrrole nitrogens is 1. The number of benzene rings is 1. The summed E-state index contributed by atoms with van der Waals surface area (Å²) in [4.78, 5) is 26.1. The van der Waals surface area contributed by atoms with E-state index in [4.69, 9.17) is 0 Å². The summed E-state index contributed by atoms with van der Waals surface area (Å²) in [5, 5.41) is 9.20. The Morgan fingerprint density at radius 3 is 2.53 bits per heavy atom. The van der Waals surface area contributed by atoms with Gasteiger partial charge in [-0.25, -0.2) is 9.36 Å². The molecular weight excluding hydrogens is 244 g/mol. The molecule has 1 aromatic heterocycles. The molecule has 98 valence electrons. The van der Waals surface area contributed by atoms with E-state index in [9.17, 15) is 14.7 Å². The summed E-state index contributed by atoms with van der Waals surface area (Å²) in [6.07, 6.45) is 4.68. The molecule has 0 unspecified atom stereocenters. The fourth-order valence-electron chi connectivity index (χ4n) is 1.85. The van der Waals surface area contributed by atoms with Crippen LogP contribution in [0.4, 0.5) is 0 Å². The van der Waals surface area contributed by atoms with Crippen molar-refractivity contribution in [1.29, 1.82) is 0 Å². The van der Waals surface area contributed by atoms with Gasteiger partial charge in [-0.05, 0) is 6.92 Å². The molecule has 0 saturated carbocycles. The summed E-state index contributed by atoms with van der Waals surface area (Å²) < 4.78 is 1.48. The number of rotatable bonds is 5. The number of ketones is 1. The lowest BCUT2D eigenvalue weighted by Gasteiger charge is -2.08. The van der Waals surface area contributed by atoms with Crippen molar-refractivity contribution in [3.8, 4) is 0 Å². The third-order valence-electron chi connectivity index (χ3n) is 2.96. The van der Waals surface area contributed by atoms with Gasteiger partial charge in [0.2, 0.25) is 12.4 Å². The van der Waals surface area contributed by atoms with Crippen LogP contribution in [0.2, 0.25) is 0 Å². The zero-order chi connectivity index (χ0) is 13.8. The zero-order valence-corrected chi connectivity index (χ0v) is 10.5. The number of carboxylic acids is 1. The fraction of sp³-hybridized carbons (Fsp3) is 0.214. The van der Waals surface area contributed by atoms with Crippen molar-refractivity contribution in [2.75, 3.05) is 0 Å². The van der Waals surface area contributed by atoms with Crippen molar-refractivity contribution in [2.24, 2.45) is 0 Å². The van der Waals surface area contributed by atoms with Crippen molar-refractivity contribution in [1.82, 2.24) is 4.98 Å².